The van der Waals surface area contributed by atoms with Crippen LogP contribution >= 0.6 is 23.1 Å². The third-order valence-electron chi connectivity index (χ3n) is 4.09. The molecule has 0 aliphatic rings. The van der Waals surface area contributed by atoms with Crippen molar-refractivity contribution >= 4 is 40.1 Å². The maximum absolute atomic E-state index is 11.2. The van der Waals surface area contributed by atoms with E-state index in [1.165, 1.54) is 35.2 Å². The number of thiazole rings is 1. The smallest absolute Gasteiger partial charge is 0.270 e. The molecule has 9 heteroatoms. The van der Waals surface area contributed by atoms with Gasteiger partial charge in [0.1, 0.15) is 5.76 Å². The monoisotopic (exact) mass is 436 g/mol. The second kappa shape index (κ2) is 9.38. The minimum Gasteiger partial charge on any atom is -0.468 e. The summed E-state index contributed by atoms with van der Waals surface area (Å²) in [7, 11) is 0. The molecule has 2 aromatic carbocycles. The maximum Gasteiger partial charge on any atom is 0.270 e. The fraction of sp³-hybridized carbons (Fsp3) is 0.0476. The first-order valence-electron chi connectivity index (χ1n) is 8.93. The van der Waals surface area contributed by atoms with Gasteiger partial charge in [-0.2, -0.15) is 5.10 Å². The van der Waals surface area contributed by atoms with Crippen LogP contribution in [0.3, 0.4) is 0 Å². The summed E-state index contributed by atoms with van der Waals surface area (Å²) in [5, 5.41) is 18.0. The molecule has 0 fully saturated rings. The van der Waals surface area contributed by atoms with E-state index in [1.807, 2.05) is 47.8 Å². The number of thioether (sulfide) groups is 1. The number of rotatable bonds is 8. The van der Waals surface area contributed by atoms with E-state index in [0.717, 1.165) is 21.9 Å². The van der Waals surface area contributed by atoms with Gasteiger partial charge in [-0.3, -0.25) is 15.5 Å². The molecule has 2 heterocycles. The van der Waals surface area contributed by atoms with Crippen molar-refractivity contribution in [1.29, 1.82) is 0 Å². The fourth-order valence-corrected chi connectivity index (χ4v) is 4.22. The lowest BCUT2D eigenvalue weighted by Gasteiger charge is -2.05. The standard InChI is InChI=1S/C21H16N4O3S2/c26-25(27)17-8-9-20(29-13-18-7-4-10-28-18)16(11-17)12-22-24-21-23-19(14-30-21)15-5-2-1-3-6-15/h1-12,14H,13H2,(H,23,24). The summed E-state index contributed by atoms with van der Waals surface area (Å²) in [6, 6.07) is 18.3. The predicted molar refractivity (Wildman–Crippen MR) is 120 cm³/mol. The van der Waals surface area contributed by atoms with E-state index in [0.29, 0.717) is 16.4 Å². The Morgan fingerprint density at radius 1 is 1.20 bits per heavy atom. The largest absolute Gasteiger partial charge is 0.468 e. The molecule has 0 saturated heterocycles. The molecule has 4 aromatic rings. The topological polar surface area (TPSA) is 93.6 Å². The van der Waals surface area contributed by atoms with Crippen molar-refractivity contribution in [3.8, 4) is 11.3 Å². The van der Waals surface area contributed by atoms with Gasteiger partial charge in [-0.15, -0.1) is 23.1 Å². The van der Waals surface area contributed by atoms with Gasteiger partial charge in [0.2, 0.25) is 5.13 Å². The molecule has 0 aliphatic carbocycles. The van der Waals surface area contributed by atoms with Crippen LogP contribution in [0.4, 0.5) is 10.8 Å². The van der Waals surface area contributed by atoms with E-state index < -0.39 is 4.92 Å². The van der Waals surface area contributed by atoms with Gasteiger partial charge in [0.15, 0.2) is 0 Å². The molecule has 0 amide bonds. The summed E-state index contributed by atoms with van der Waals surface area (Å²) < 4.78 is 5.35. The number of hydrogen-bond acceptors (Lipinski definition) is 8. The Morgan fingerprint density at radius 2 is 2.07 bits per heavy atom. The van der Waals surface area contributed by atoms with Crippen molar-refractivity contribution < 1.29 is 9.34 Å². The van der Waals surface area contributed by atoms with Crippen molar-refractivity contribution in [2.45, 2.75) is 10.6 Å². The highest BCUT2D eigenvalue weighted by atomic mass is 32.2. The number of nitro benzene ring substituents is 1. The van der Waals surface area contributed by atoms with Crippen molar-refractivity contribution in [2.24, 2.45) is 5.10 Å². The fourth-order valence-electron chi connectivity index (χ4n) is 2.65. The van der Waals surface area contributed by atoms with Gasteiger partial charge < -0.3 is 4.42 Å². The number of aromatic nitrogens is 1. The van der Waals surface area contributed by atoms with Gasteiger partial charge in [-0.05, 0) is 18.2 Å². The Morgan fingerprint density at radius 3 is 2.83 bits per heavy atom. The molecule has 150 valence electrons. The normalized spacial score (nSPS) is 11.1. The first-order valence-corrected chi connectivity index (χ1v) is 10.8. The molecule has 4 rings (SSSR count). The average Bonchev–Trinajstić information content (AvgIpc) is 3.45. The van der Waals surface area contributed by atoms with Crippen LogP contribution in [-0.2, 0) is 5.75 Å². The Labute approximate surface area is 180 Å². The minimum atomic E-state index is -0.418. The third kappa shape index (κ3) is 4.94. The molecule has 30 heavy (non-hydrogen) atoms. The second-order valence-electron chi connectivity index (χ2n) is 6.12. The molecule has 0 atom stereocenters. The summed E-state index contributed by atoms with van der Waals surface area (Å²) in [6.45, 7) is 0. The summed E-state index contributed by atoms with van der Waals surface area (Å²) in [4.78, 5) is 16.1. The van der Waals surface area contributed by atoms with E-state index in [-0.39, 0.29) is 5.69 Å². The van der Waals surface area contributed by atoms with Gasteiger partial charge >= 0.3 is 0 Å². The first kappa shape index (κ1) is 19.9. The summed E-state index contributed by atoms with van der Waals surface area (Å²) in [6.07, 6.45) is 3.19. The number of benzene rings is 2. The molecule has 0 radical (unpaired) electrons. The molecule has 7 nitrogen and oxygen atoms in total. The Balaban J connectivity index is 1.49. The number of anilines is 1. The Hall–Kier alpha value is -3.43. The van der Waals surface area contributed by atoms with Crippen molar-refractivity contribution in [3.63, 3.8) is 0 Å². The van der Waals surface area contributed by atoms with Crippen LogP contribution in [0.1, 0.15) is 11.3 Å². The molecular weight excluding hydrogens is 420 g/mol. The maximum atomic E-state index is 11.2. The SMILES string of the molecule is O=[N+]([O-])c1ccc(SCc2ccco2)c(C=NNc2nc(-c3ccccc3)cs2)c1. The number of furan rings is 1. The minimum absolute atomic E-state index is 0.0133. The van der Waals surface area contributed by atoms with Gasteiger partial charge in [0.25, 0.3) is 5.69 Å². The van der Waals surface area contributed by atoms with Crippen LogP contribution in [0.15, 0.2) is 86.7 Å². The molecule has 2 aromatic heterocycles. The molecule has 0 spiro atoms. The van der Waals surface area contributed by atoms with Crippen LogP contribution < -0.4 is 5.43 Å². The van der Waals surface area contributed by atoms with E-state index in [9.17, 15) is 10.1 Å². The summed E-state index contributed by atoms with van der Waals surface area (Å²) >= 11 is 2.96. The highest BCUT2D eigenvalue weighted by molar-refractivity contribution is 7.98. The summed E-state index contributed by atoms with van der Waals surface area (Å²) in [5.41, 5.74) is 5.46. The van der Waals surface area contributed by atoms with Crippen LogP contribution in [0, 0.1) is 10.1 Å². The average molecular weight is 437 g/mol. The van der Waals surface area contributed by atoms with Crippen LogP contribution in [0.2, 0.25) is 0 Å². The number of hydrogen-bond donors (Lipinski definition) is 1. The number of nitro groups is 1. The zero-order chi connectivity index (χ0) is 20.8. The van der Waals surface area contributed by atoms with Crippen molar-refractivity contribution in [2.75, 3.05) is 5.43 Å². The predicted octanol–water partition coefficient (Wildman–Crippen LogP) is 6.05. The quantitative estimate of drug-likeness (QED) is 0.156. The number of nitrogens with one attached hydrogen (secondary N) is 1. The molecule has 1 N–H and O–H groups in total. The molecule has 0 unspecified atom stereocenters. The summed E-state index contributed by atoms with van der Waals surface area (Å²) in [5.74, 6) is 1.45. The molecular formula is C21H16N4O3S2. The number of non-ortho nitro benzene ring substituents is 1. The van der Waals surface area contributed by atoms with Gasteiger partial charge in [-0.25, -0.2) is 4.98 Å². The van der Waals surface area contributed by atoms with Gasteiger partial charge in [0.05, 0.1) is 28.8 Å². The lowest BCUT2D eigenvalue weighted by molar-refractivity contribution is -0.384. The molecule has 0 aliphatic heterocycles. The van der Waals surface area contributed by atoms with E-state index >= 15 is 0 Å². The number of nitrogens with zero attached hydrogens (tertiary/aromatic N) is 3. The van der Waals surface area contributed by atoms with Crippen LogP contribution in [0.25, 0.3) is 11.3 Å². The first-order chi connectivity index (χ1) is 14.7. The van der Waals surface area contributed by atoms with E-state index in [2.05, 4.69) is 15.5 Å². The third-order valence-corrected chi connectivity index (χ3v) is 5.95. The Kier molecular flexibility index (Phi) is 6.21. The number of hydrazone groups is 1. The van der Waals surface area contributed by atoms with Crippen LogP contribution in [-0.4, -0.2) is 16.1 Å². The van der Waals surface area contributed by atoms with Gasteiger partial charge in [0, 0.05) is 33.5 Å². The zero-order valence-corrected chi connectivity index (χ0v) is 17.2. The van der Waals surface area contributed by atoms with Gasteiger partial charge in [-0.1, -0.05) is 30.3 Å². The highest BCUT2D eigenvalue weighted by Gasteiger charge is 2.11. The van der Waals surface area contributed by atoms with Crippen molar-refractivity contribution in [1.82, 2.24) is 4.98 Å². The lowest BCUT2D eigenvalue weighted by Crippen LogP contribution is -1.95. The van der Waals surface area contributed by atoms with Crippen LogP contribution in [0.5, 0.6) is 0 Å². The van der Waals surface area contributed by atoms with E-state index in [4.69, 9.17) is 4.42 Å². The molecule has 0 bridgehead atoms. The molecule has 0 saturated carbocycles. The zero-order valence-electron chi connectivity index (χ0n) is 15.6. The lowest BCUT2D eigenvalue weighted by atomic mass is 10.2. The second-order valence-corrected chi connectivity index (χ2v) is 8.00. The Bertz CT molecular complexity index is 1160. The van der Waals surface area contributed by atoms with Crippen molar-refractivity contribution in [3.05, 3.63) is 93.7 Å². The highest BCUT2D eigenvalue weighted by Crippen LogP contribution is 2.29. The van der Waals surface area contributed by atoms with E-state index in [1.54, 1.807) is 18.5 Å².